The zero-order valence-electron chi connectivity index (χ0n) is 18.3. The first-order valence-electron chi connectivity index (χ1n) is 12.4. The Kier molecular flexibility index (Phi) is 5.13. The molecule has 5 saturated carbocycles. The molecule has 5 heteroatoms. The molecule has 5 aliphatic rings. The first-order valence-corrected chi connectivity index (χ1v) is 13.2. The quantitative estimate of drug-likeness (QED) is 0.568. The van der Waals surface area contributed by atoms with Crippen molar-refractivity contribution in [3.8, 4) is 0 Å². The van der Waals surface area contributed by atoms with Crippen molar-refractivity contribution in [2.24, 2.45) is 23.7 Å². The van der Waals surface area contributed by atoms with Gasteiger partial charge in [-0.15, -0.1) is 10.2 Å². The number of rotatable bonds is 5. The predicted octanol–water partition coefficient (Wildman–Crippen LogP) is 6.12. The van der Waals surface area contributed by atoms with Gasteiger partial charge in [-0.05, 0) is 74.7 Å². The van der Waals surface area contributed by atoms with Gasteiger partial charge in [0.05, 0.1) is 6.54 Å². The van der Waals surface area contributed by atoms with E-state index in [2.05, 4.69) is 29.4 Å². The van der Waals surface area contributed by atoms with E-state index in [1.807, 2.05) is 11.0 Å². The molecule has 0 radical (unpaired) electrons. The summed E-state index contributed by atoms with van der Waals surface area (Å²) in [6.07, 6.45) is 13.8. The monoisotopic (exact) mass is 435 g/mol. The van der Waals surface area contributed by atoms with Gasteiger partial charge in [0.2, 0.25) is 11.0 Å². The fourth-order valence-corrected chi connectivity index (χ4v) is 8.55. The summed E-state index contributed by atoms with van der Waals surface area (Å²) in [4.78, 5) is 15.6. The highest BCUT2D eigenvalue weighted by Gasteiger charge is 2.53. The summed E-state index contributed by atoms with van der Waals surface area (Å²) in [5.74, 6) is 3.08. The second-order valence-corrected chi connectivity index (χ2v) is 11.8. The summed E-state index contributed by atoms with van der Waals surface area (Å²) in [7, 11) is 0. The van der Waals surface area contributed by atoms with Crippen molar-refractivity contribution >= 4 is 22.4 Å². The van der Waals surface area contributed by atoms with Crippen LogP contribution in [0, 0.1) is 23.7 Å². The van der Waals surface area contributed by atoms with Gasteiger partial charge in [0, 0.05) is 11.3 Å². The normalized spacial score (nSPS) is 32.3. The van der Waals surface area contributed by atoms with Crippen LogP contribution in [0.3, 0.4) is 0 Å². The number of hydrogen-bond donors (Lipinski definition) is 0. The molecule has 0 N–H and O–H groups in total. The Labute approximate surface area is 189 Å². The largest absolute Gasteiger partial charge is 0.282 e. The SMILES string of the molecule is O=C(C1CCCCC1)N(Cc1ccccc1)c1nnc(C23CC4CC(CC(C4)C2)C3)s1. The molecule has 7 rings (SSSR count). The zero-order chi connectivity index (χ0) is 20.8. The molecule has 1 amide bonds. The lowest BCUT2D eigenvalue weighted by molar-refractivity contribution is -0.123. The van der Waals surface area contributed by atoms with Crippen molar-refractivity contribution in [3.63, 3.8) is 0 Å². The van der Waals surface area contributed by atoms with Gasteiger partial charge in [-0.2, -0.15) is 0 Å². The summed E-state index contributed by atoms with van der Waals surface area (Å²) < 4.78 is 0. The van der Waals surface area contributed by atoms with Gasteiger partial charge in [-0.25, -0.2) is 0 Å². The van der Waals surface area contributed by atoms with Crippen LogP contribution in [0.15, 0.2) is 30.3 Å². The van der Waals surface area contributed by atoms with Crippen LogP contribution in [-0.2, 0) is 16.8 Å². The number of carbonyl (C=O) groups excluding carboxylic acids is 1. The number of nitrogens with zero attached hydrogens (tertiary/aromatic N) is 3. The van der Waals surface area contributed by atoms with E-state index < -0.39 is 0 Å². The lowest BCUT2D eigenvalue weighted by Crippen LogP contribution is -2.48. The zero-order valence-corrected chi connectivity index (χ0v) is 19.2. The third-order valence-corrected chi connectivity index (χ3v) is 9.73. The second-order valence-electron chi connectivity index (χ2n) is 10.8. The summed E-state index contributed by atoms with van der Waals surface area (Å²) in [6.45, 7) is 0.603. The van der Waals surface area contributed by atoms with E-state index in [1.54, 1.807) is 11.3 Å². The fraction of sp³-hybridized carbons (Fsp3) is 0.654. The number of anilines is 1. The van der Waals surface area contributed by atoms with E-state index in [0.29, 0.717) is 6.54 Å². The topological polar surface area (TPSA) is 46.1 Å². The Morgan fingerprint density at radius 1 is 0.935 bits per heavy atom. The van der Waals surface area contributed by atoms with Crippen molar-refractivity contribution < 1.29 is 4.79 Å². The van der Waals surface area contributed by atoms with Crippen molar-refractivity contribution in [1.82, 2.24) is 10.2 Å². The van der Waals surface area contributed by atoms with Gasteiger partial charge in [-0.3, -0.25) is 9.69 Å². The molecule has 5 fully saturated rings. The average Bonchev–Trinajstić information content (AvgIpc) is 3.28. The van der Waals surface area contributed by atoms with Crippen LogP contribution in [0.4, 0.5) is 5.13 Å². The van der Waals surface area contributed by atoms with Gasteiger partial charge in [0.1, 0.15) is 5.01 Å². The molecule has 4 nitrogen and oxygen atoms in total. The Hall–Kier alpha value is -1.75. The molecule has 5 aliphatic carbocycles. The number of hydrogen-bond acceptors (Lipinski definition) is 4. The molecule has 1 aromatic carbocycles. The van der Waals surface area contributed by atoms with Crippen molar-refractivity contribution in [2.45, 2.75) is 82.6 Å². The molecule has 31 heavy (non-hydrogen) atoms. The number of amides is 1. The van der Waals surface area contributed by atoms with Crippen LogP contribution < -0.4 is 4.90 Å². The molecule has 0 aliphatic heterocycles. The highest BCUT2D eigenvalue weighted by Crippen LogP contribution is 2.61. The third-order valence-electron chi connectivity index (χ3n) is 8.54. The summed E-state index contributed by atoms with van der Waals surface area (Å²) in [5, 5.41) is 11.5. The van der Waals surface area contributed by atoms with Gasteiger partial charge in [0.15, 0.2) is 0 Å². The Morgan fingerprint density at radius 3 is 2.23 bits per heavy atom. The predicted molar refractivity (Wildman–Crippen MR) is 124 cm³/mol. The summed E-state index contributed by atoms with van der Waals surface area (Å²) >= 11 is 1.72. The van der Waals surface area contributed by atoms with E-state index in [-0.39, 0.29) is 17.2 Å². The first-order chi connectivity index (χ1) is 15.2. The van der Waals surface area contributed by atoms with Crippen LogP contribution in [0.25, 0.3) is 0 Å². The van der Waals surface area contributed by atoms with Crippen molar-refractivity contribution in [3.05, 3.63) is 40.9 Å². The van der Waals surface area contributed by atoms with Crippen LogP contribution in [0.1, 0.15) is 81.2 Å². The maximum Gasteiger partial charge on any atom is 0.232 e. The average molecular weight is 436 g/mol. The molecule has 2 aromatic rings. The molecular weight excluding hydrogens is 402 g/mol. The minimum Gasteiger partial charge on any atom is -0.282 e. The van der Waals surface area contributed by atoms with Gasteiger partial charge >= 0.3 is 0 Å². The molecule has 1 aromatic heterocycles. The Morgan fingerprint density at radius 2 is 1.58 bits per heavy atom. The minimum absolute atomic E-state index is 0.143. The van der Waals surface area contributed by atoms with Gasteiger partial charge in [0.25, 0.3) is 0 Å². The van der Waals surface area contributed by atoms with Crippen molar-refractivity contribution in [1.29, 1.82) is 0 Å². The minimum atomic E-state index is 0.143. The maximum atomic E-state index is 13.6. The van der Waals surface area contributed by atoms with Crippen LogP contribution >= 0.6 is 11.3 Å². The third kappa shape index (κ3) is 3.73. The maximum absolute atomic E-state index is 13.6. The Bertz CT molecular complexity index is 898. The molecule has 0 atom stereocenters. The summed E-state index contributed by atoms with van der Waals surface area (Å²) in [6, 6.07) is 10.4. The first kappa shape index (κ1) is 19.9. The molecular formula is C26H33N3OS. The van der Waals surface area contributed by atoms with E-state index in [4.69, 9.17) is 5.10 Å². The molecule has 0 saturated heterocycles. The second kappa shape index (κ2) is 7.99. The highest BCUT2D eigenvalue weighted by atomic mass is 32.1. The highest BCUT2D eigenvalue weighted by molar-refractivity contribution is 7.15. The molecule has 1 heterocycles. The molecule has 0 spiro atoms. The Balaban J connectivity index is 1.30. The van der Waals surface area contributed by atoms with Crippen LogP contribution in [0.5, 0.6) is 0 Å². The smallest absolute Gasteiger partial charge is 0.232 e. The van der Waals surface area contributed by atoms with Crippen LogP contribution in [0.2, 0.25) is 0 Å². The van der Waals surface area contributed by atoms with Gasteiger partial charge in [-0.1, -0.05) is 60.9 Å². The van der Waals surface area contributed by atoms with E-state index in [1.165, 1.54) is 68.4 Å². The van der Waals surface area contributed by atoms with E-state index in [9.17, 15) is 4.79 Å². The lowest BCUT2D eigenvalue weighted by atomic mass is 9.50. The lowest BCUT2D eigenvalue weighted by Gasteiger charge is -2.55. The number of carbonyl (C=O) groups is 1. The van der Waals surface area contributed by atoms with Crippen molar-refractivity contribution in [2.75, 3.05) is 4.90 Å². The standard InChI is InChI=1S/C26H33N3OS/c30-23(22-9-5-2-6-10-22)29(17-18-7-3-1-4-8-18)25-28-27-24(31-25)26-14-19-11-20(15-26)13-21(12-19)16-26/h1,3-4,7-8,19-22H,2,5-6,9-17H2. The van der Waals surface area contributed by atoms with E-state index >= 15 is 0 Å². The fourth-order valence-electron chi connectivity index (χ4n) is 7.49. The molecule has 4 bridgehead atoms. The van der Waals surface area contributed by atoms with Crippen LogP contribution in [-0.4, -0.2) is 16.1 Å². The molecule has 0 unspecified atom stereocenters. The summed E-state index contributed by atoms with van der Waals surface area (Å²) in [5.41, 5.74) is 1.41. The number of benzene rings is 1. The van der Waals surface area contributed by atoms with Gasteiger partial charge < -0.3 is 0 Å². The molecule has 164 valence electrons. The number of aromatic nitrogens is 2. The van der Waals surface area contributed by atoms with E-state index in [0.717, 1.165) is 35.7 Å².